The summed E-state index contributed by atoms with van der Waals surface area (Å²) in [7, 11) is -3.39. The van der Waals surface area contributed by atoms with Crippen LogP contribution in [0.3, 0.4) is 0 Å². The average Bonchev–Trinajstić information content (AvgIpc) is 2.51. The SMILES string of the molecule is CC[C@H](C)N=C1NS(=O)(=O)c2ccccc21. The van der Waals surface area contributed by atoms with Gasteiger partial charge in [0.25, 0.3) is 10.0 Å². The first-order valence-electron chi connectivity index (χ1n) is 5.24. The third kappa shape index (κ3) is 1.82. The number of rotatable bonds is 2. The Balaban J connectivity index is 2.53. The van der Waals surface area contributed by atoms with E-state index in [1.165, 1.54) is 0 Å². The molecule has 0 bridgehead atoms. The molecule has 0 saturated carbocycles. The van der Waals surface area contributed by atoms with Crippen molar-refractivity contribution in [3.63, 3.8) is 0 Å². The quantitative estimate of drug-likeness (QED) is 0.849. The van der Waals surface area contributed by atoms with Crippen LogP contribution in [-0.2, 0) is 10.0 Å². The summed E-state index contributed by atoms with van der Waals surface area (Å²) in [5.74, 6) is 0.463. The van der Waals surface area contributed by atoms with Gasteiger partial charge in [-0.1, -0.05) is 19.1 Å². The molecule has 1 heterocycles. The van der Waals surface area contributed by atoms with Crippen molar-refractivity contribution in [3.05, 3.63) is 29.8 Å². The molecule has 1 N–H and O–H groups in total. The number of amidine groups is 1. The minimum Gasteiger partial charge on any atom is -0.264 e. The summed E-state index contributed by atoms with van der Waals surface area (Å²) in [5.41, 5.74) is 0.669. The molecule has 1 aliphatic heterocycles. The highest BCUT2D eigenvalue weighted by Crippen LogP contribution is 2.22. The molecule has 0 spiro atoms. The molecule has 0 saturated heterocycles. The van der Waals surface area contributed by atoms with E-state index in [4.69, 9.17) is 0 Å². The Morgan fingerprint density at radius 2 is 2.06 bits per heavy atom. The van der Waals surface area contributed by atoms with E-state index >= 15 is 0 Å². The third-order valence-electron chi connectivity index (χ3n) is 2.60. The van der Waals surface area contributed by atoms with Gasteiger partial charge in [0, 0.05) is 11.6 Å². The topological polar surface area (TPSA) is 58.5 Å². The Kier molecular flexibility index (Phi) is 2.71. The molecule has 16 heavy (non-hydrogen) atoms. The number of hydrogen-bond acceptors (Lipinski definition) is 3. The first-order valence-corrected chi connectivity index (χ1v) is 6.73. The highest BCUT2D eigenvalue weighted by atomic mass is 32.2. The molecule has 1 aromatic rings. The molecule has 0 aromatic heterocycles. The lowest BCUT2D eigenvalue weighted by atomic mass is 10.2. The number of fused-ring (bicyclic) bond motifs is 1. The van der Waals surface area contributed by atoms with Crippen LogP contribution in [0, 0.1) is 0 Å². The molecular weight excluding hydrogens is 224 g/mol. The molecule has 0 unspecified atom stereocenters. The highest BCUT2D eigenvalue weighted by molar-refractivity contribution is 7.90. The van der Waals surface area contributed by atoms with Crippen molar-refractivity contribution < 1.29 is 8.42 Å². The fourth-order valence-corrected chi connectivity index (χ4v) is 2.78. The van der Waals surface area contributed by atoms with Crippen LogP contribution in [0.15, 0.2) is 34.2 Å². The molecule has 0 fully saturated rings. The lowest BCUT2D eigenvalue weighted by Crippen LogP contribution is -2.23. The Morgan fingerprint density at radius 3 is 2.75 bits per heavy atom. The van der Waals surface area contributed by atoms with E-state index in [9.17, 15) is 8.42 Å². The number of nitrogens with one attached hydrogen (secondary N) is 1. The van der Waals surface area contributed by atoms with E-state index in [1.807, 2.05) is 19.9 Å². The third-order valence-corrected chi connectivity index (χ3v) is 4.00. The molecule has 1 atom stereocenters. The van der Waals surface area contributed by atoms with E-state index in [0.29, 0.717) is 16.3 Å². The molecule has 5 heteroatoms. The van der Waals surface area contributed by atoms with Crippen LogP contribution in [0.2, 0.25) is 0 Å². The smallest absolute Gasteiger partial charge is 0.263 e. The van der Waals surface area contributed by atoms with Gasteiger partial charge in [-0.15, -0.1) is 0 Å². The molecule has 1 aliphatic rings. The van der Waals surface area contributed by atoms with Crippen LogP contribution in [0.4, 0.5) is 0 Å². The van der Waals surface area contributed by atoms with Gasteiger partial charge in [0.05, 0.1) is 4.90 Å². The monoisotopic (exact) mass is 238 g/mol. The minimum atomic E-state index is -3.39. The minimum absolute atomic E-state index is 0.115. The van der Waals surface area contributed by atoms with E-state index < -0.39 is 10.0 Å². The summed E-state index contributed by atoms with van der Waals surface area (Å²) < 4.78 is 26.0. The van der Waals surface area contributed by atoms with E-state index in [2.05, 4.69) is 9.71 Å². The Bertz CT molecular complexity index is 535. The molecule has 1 aromatic carbocycles. The van der Waals surface area contributed by atoms with Crippen molar-refractivity contribution in [2.75, 3.05) is 0 Å². The van der Waals surface area contributed by atoms with Crippen molar-refractivity contribution in [1.82, 2.24) is 4.72 Å². The molecular formula is C11H14N2O2S. The number of benzene rings is 1. The highest BCUT2D eigenvalue weighted by Gasteiger charge is 2.30. The Labute approximate surface area is 95.5 Å². The number of hydrogen-bond donors (Lipinski definition) is 1. The van der Waals surface area contributed by atoms with E-state index in [-0.39, 0.29) is 6.04 Å². The first kappa shape index (κ1) is 11.1. The zero-order chi connectivity index (χ0) is 11.8. The molecule has 0 amide bonds. The van der Waals surface area contributed by atoms with Crippen molar-refractivity contribution in [2.45, 2.75) is 31.2 Å². The largest absolute Gasteiger partial charge is 0.264 e. The van der Waals surface area contributed by atoms with Crippen LogP contribution >= 0.6 is 0 Å². The van der Waals surface area contributed by atoms with Crippen LogP contribution in [0.1, 0.15) is 25.8 Å². The maximum Gasteiger partial charge on any atom is 0.263 e. The Hall–Kier alpha value is -1.36. The summed E-state index contributed by atoms with van der Waals surface area (Å²) in [6, 6.07) is 7.01. The second-order valence-electron chi connectivity index (χ2n) is 3.84. The van der Waals surface area contributed by atoms with Crippen LogP contribution in [0.25, 0.3) is 0 Å². The normalized spacial score (nSPS) is 21.5. The van der Waals surface area contributed by atoms with Gasteiger partial charge in [0.1, 0.15) is 5.84 Å². The number of aliphatic imine (C=N–C) groups is 1. The number of nitrogens with zero attached hydrogens (tertiary/aromatic N) is 1. The molecule has 86 valence electrons. The fraction of sp³-hybridized carbons (Fsp3) is 0.364. The van der Waals surface area contributed by atoms with Crippen LogP contribution in [0.5, 0.6) is 0 Å². The van der Waals surface area contributed by atoms with Crippen molar-refractivity contribution in [2.24, 2.45) is 4.99 Å². The van der Waals surface area contributed by atoms with Crippen LogP contribution < -0.4 is 4.72 Å². The predicted octanol–water partition coefficient (Wildman–Crippen LogP) is 1.52. The van der Waals surface area contributed by atoms with Gasteiger partial charge in [-0.3, -0.25) is 9.71 Å². The number of sulfonamides is 1. The summed E-state index contributed by atoms with van der Waals surface area (Å²) in [4.78, 5) is 4.67. The predicted molar refractivity (Wildman–Crippen MR) is 63.1 cm³/mol. The first-order chi connectivity index (χ1) is 7.54. The van der Waals surface area contributed by atoms with Gasteiger partial charge in [0.15, 0.2) is 0 Å². The van der Waals surface area contributed by atoms with Gasteiger partial charge in [-0.2, -0.15) is 0 Å². The van der Waals surface area contributed by atoms with Gasteiger partial charge in [-0.25, -0.2) is 8.42 Å². The van der Waals surface area contributed by atoms with Gasteiger partial charge < -0.3 is 0 Å². The zero-order valence-electron chi connectivity index (χ0n) is 9.27. The zero-order valence-corrected chi connectivity index (χ0v) is 10.1. The fourth-order valence-electron chi connectivity index (χ4n) is 1.54. The van der Waals surface area contributed by atoms with Crippen molar-refractivity contribution in [3.8, 4) is 0 Å². The lowest BCUT2D eigenvalue weighted by Gasteiger charge is -2.03. The van der Waals surface area contributed by atoms with Crippen molar-refractivity contribution >= 4 is 15.9 Å². The standard InChI is InChI=1S/C11H14N2O2S/c1-3-8(2)12-11-9-6-4-5-7-10(9)16(14,15)13-11/h4-8H,3H2,1-2H3,(H,12,13)/t8-/m0/s1. The van der Waals surface area contributed by atoms with Gasteiger partial charge in [0.2, 0.25) is 0 Å². The van der Waals surface area contributed by atoms with E-state index in [1.54, 1.807) is 18.2 Å². The molecule has 4 nitrogen and oxygen atoms in total. The second-order valence-corrected chi connectivity index (χ2v) is 5.49. The van der Waals surface area contributed by atoms with Crippen molar-refractivity contribution in [1.29, 1.82) is 0 Å². The average molecular weight is 238 g/mol. The maximum atomic E-state index is 11.7. The maximum absolute atomic E-state index is 11.7. The Morgan fingerprint density at radius 1 is 1.38 bits per heavy atom. The molecule has 0 aliphatic carbocycles. The summed E-state index contributed by atoms with van der Waals surface area (Å²) in [6.07, 6.45) is 0.882. The molecule has 2 rings (SSSR count). The second kappa shape index (κ2) is 3.90. The summed E-state index contributed by atoms with van der Waals surface area (Å²) >= 11 is 0. The summed E-state index contributed by atoms with van der Waals surface area (Å²) in [6.45, 7) is 3.98. The van der Waals surface area contributed by atoms with Crippen LogP contribution in [-0.4, -0.2) is 20.3 Å². The van der Waals surface area contributed by atoms with Gasteiger partial charge in [-0.05, 0) is 25.5 Å². The van der Waals surface area contributed by atoms with E-state index in [0.717, 1.165) is 6.42 Å². The molecule has 0 radical (unpaired) electrons. The summed E-state index contributed by atoms with van der Waals surface area (Å²) in [5, 5.41) is 0. The van der Waals surface area contributed by atoms with Gasteiger partial charge >= 0.3 is 0 Å². The lowest BCUT2D eigenvalue weighted by molar-refractivity contribution is 0.595.